The molecule has 0 fully saturated rings. The van der Waals surface area contributed by atoms with Crippen LogP contribution in [0.4, 0.5) is 5.69 Å². The molecule has 0 aliphatic carbocycles. The van der Waals surface area contributed by atoms with Crippen LogP contribution in [0.1, 0.15) is 37.6 Å². The van der Waals surface area contributed by atoms with E-state index >= 15 is 0 Å². The molecule has 19 heavy (non-hydrogen) atoms. The Morgan fingerprint density at radius 3 is 2.53 bits per heavy atom. The van der Waals surface area contributed by atoms with E-state index in [4.69, 9.17) is 0 Å². The van der Waals surface area contributed by atoms with Gasteiger partial charge < -0.3 is 10.0 Å². The topological polar surface area (TPSA) is 83.7 Å². The van der Waals surface area contributed by atoms with Crippen molar-refractivity contribution in [3.05, 3.63) is 33.9 Å². The summed E-state index contributed by atoms with van der Waals surface area (Å²) in [4.78, 5) is 24.1. The first-order valence-electron chi connectivity index (χ1n) is 5.96. The lowest BCUT2D eigenvalue weighted by Crippen LogP contribution is -2.44. The van der Waals surface area contributed by atoms with Gasteiger partial charge in [0, 0.05) is 18.7 Å². The third-order valence-electron chi connectivity index (χ3n) is 3.49. The minimum Gasteiger partial charge on any atom is -0.508 e. The van der Waals surface area contributed by atoms with Crippen molar-refractivity contribution in [2.24, 2.45) is 0 Å². The van der Waals surface area contributed by atoms with Gasteiger partial charge in [-0.2, -0.15) is 0 Å². The number of benzene rings is 1. The average Bonchev–Trinajstić information content (AvgIpc) is 2.36. The van der Waals surface area contributed by atoms with Gasteiger partial charge in [-0.05, 0) is 32.4 Å². The number of nitro benzene ring substituents is 1. The highest BCUT2D eigenvalue weighted by atomic mass is 16.6. The van der Waals surface area contributed by atoms with E-state index in [1.807, 2.05) is 20.8 Å². The van der Waals surface area contributed by atoms with Crippen LogP contribution in [0.15, 0.2) is 18.2 Å². The molecular formula is C13H18N2O4. The number of phenolic OH excluding ortho intramolecular Hbond substituents is 1. The van der Waals surface area contributed by atoms with E-state index < -0.39 is 16.4 Å². The third-order valence-corrected chi connectivity index (χ3v) is 3.49. The van der Waals surface area contributed by atoms with Crippen LogP contribution in [-0.4, -0.2) is 33.4 Å². The SMILES string of the molecule is CCC(C)(C)N(C)C(=O)c1cc(O)ccc1[N+](=O)[O-]. The Kier molecular flexibility index (Phi) is 4.14. The molecule has 0 heterocycles. The number of nitro groups is 1. The summed E-state index contributed by atoms with van der Waals surface area (Å²) in [5.74, 6) is -0.647. The number of hydrogen-bond acceptors (Lipinski definition) is 4. The van der Waals surface area contributed by atoms with Crippen molar-refractivity contribution in [1.29, 1.82) is 0 Å². The zero-order valence-corrected chi connectivity index (χ0v) is 11.5. The second kappa shape index (κ2) is 5.26. The maximum atomic E-state index is 12.3. The van der Waals surface area contributed by atoms with Crippen LogP contribution in [-0.2, 0) is 0 Å². The zero-order chi connectivity index (χ0) is 14.8. The van der Waals surface area contributed by atoms with Crippen molar-refractivity contribution < 1.29 is 14.8 Å². The van der Waals surface area contributed by atoms with E-state index in [2.05, 4.69) is 0 Å². The van der Waals surface area contributed by atoms with E-state index in [9.17, 15) is 20.0 Å². The molecule has 0 aliphatic rings. The van der Waals surface area contributed by atoms with E-state index in [1.165, 1.54) is 11.0 Å². The molecule has 0 radical (unpaired) electrons. The monoisotopic (exact) mass is 266 g/mol. The van der Waals surface area contributed by atoms with E-state index in [-0.39, 0.29) is 17.0 Å². The van der Waals surface area contributed by atoms with Crippen LogP contribution in [0, 0.1) is 10.1 Å². The molecule has 0 saturated carbocycles. The number of carbonyl (C=O) groups is 1. The summed E-state index contributed by atoms with van der Waals surface area (Å²) in [6.45, 7) is 5.68. The van der Waals surface area contributed by atoms with Crippen molar-refractivity contribution in [3.63, 3.8) is 0 Å². The minimum absolute atomic E-state index is 0.103. The van der Waals surface area contributed by atoms with E-state index in [1.54, 1.807) is 7.05 Å². The molecule has 0 spiro atoms. The molecule has 0 aliphatic heterocycles. The molecule has 0 aromatic heterocycles. The van der Waals surface area contributed by atoms with Gasteiger partial charge in [0.15, 0.2) is 0 Å². The van der Waals surface area contributed by atoms with Crippen molar-refractivity contribution in [1.82, 2.24) is 4.90 Å². The smallest absolute Gasteiger partial charge is 0.282 e. The summed E-state index contributed by atoms with van der Waals surface area (Å²) in [6, 6.07) is 3.46. The summed E-state index contributed by atoms with van der Waals surface area (Å²) in [5, 5.41) is 20.3. The van der Waals surface area contributed by atoms with Crippen LogP contribution < -0.4 is 0 Å². The predicted octanol–water partition coefficient (Wildman–Crippen LogP) is 2.56. The fraction of sp³-hybridized carbons (Fsp3) is 0.462. The molecule has 1 N–H and O–H groups in total. The number of carbonyl (C=O) groups excluding carboxylic acids is 1. The fourth-order valence-electron chi connectivity index (χ4n) is 1.55. The Balaban J connectivity index is 3.26. The van der Waals surface area contributed by atoms with Crippen molar-refractivity contribution in [2.75, 3.05) is 7.05 Å². The Morgan fingerprint density at radius 1 is 1.47 bits per heavy atom. The molecular weight excluding hydrogens is 248 g/mol. The molecule has 1 aromatic rings. The van der Waals surface area contributed by atoms with Gasteiger partial charge in [-0.15, -0.1) is 0 Å². The maximum Gasteiger partial charge on any atom is 0.282 e. The molecule has 6 nitrogen and oxygen atoms in total. The Labute approximate surface area is 111 Å². The van der Waals surface area contributed by atoms with Gasteiger partial charge in [-0.3, -0.25) is 14.9 Å². The summed E-state index contributed by atoms with van der Waals surface area (Å²) in [6.07, 6.45) is 0.710. The molecule has 1 aromatic carbocycles. The van der Waals surface area contributed by atoms with Gasteiger partial charge in [0.2, 0.25) is 0 Å². The fourth-order valence-corrected chi connectivity index (χ4v) is 1.55. The number of nitrogens with zero attached hydrogens (tertiary/aromatic N) is 2. The summed E-state index contributed by atoms with van der Waals surface area (Å²) in [5.41, 5.74) is -0.827. The van der Waals surface area contributed by atoms with Crippen LogP contribution in [0.5, 0.6) is 5.75 Å². The van der Waals surface area contributed by atoms with Gasteiger partial charge in [0.1, 0.15) is 11.3 Å². The molecule has 0 saturated heterocycles. The normalized spacial score (nSPS) is 11.2. The predicted molar refractivity (Wildman–Crippen MR) is 71.2 cm³/mol. The van der Waals surface area contributed by atoms with Crippen molar-refractivity contribution in [3.8, 4) is 5.75 Å². The number of hydrogen-bond donors (Lipinski definition) is 1. The minimum atomic E-state index is -0.626. The second-order valence-corrected chi connectivity index (χ2v) is 4.99. The van der Waals surface area contributed by atoms with Crippen LogP contribution >= 0.6 is 0 Å². The first-order valence-corrected chi connectivity index (χ1v) is 5.96. The summed E-state index contributed by atoms with van der Waals surface area (Å²) >= 11 is 0. The molecule has 104 valence electrons. The first-order chi connectivity index (χ1) is 8.70. The number of phenols is 1. The Morgan fingerprint density at radius 2 is 2.05 bits per heavy atom. The molecule has 1 rings (SSSR count). The van der Waals surface area contributed by atoms with Crippen molar-refractivity contribution in [2.45, 2.75) is 32.7 Å². The average molecular weight is 266 g/mol. The first kappa shape index (κ1) is 14.9. The lowest BCUT2D eigenvalue weighted by molar-refractivity contribution is -0.385. The third kappa shape index (κ3) is 3.01. The molecule has 0 unspecified atom stereocenters. The summed E-state index contributed by atoms with van der Waals surface area (Å²) < 4.78 is 0. The van der Waals surface area contributed by atoms with E-state index in [0.29, 0.717) is 6.42 Å². The molecule has 1 amide bonds. The van der Waals surface area contributed by atoms with Gasteiger partial charge >= 0.3 is 0 Å². The van der Waals surface area contributed by atoms with Gasteiger partial charge in [0.05, 0.1) is 4.92 Å². The van der Waals surface area contributed by atoms with Crippen LogP contribution in [0.3, 0.4) is 0 Å². The maximum absolute atomic E-state index is 12.3. The highest BCUT2D eigenvalue weighted by molar-refractivity contribution is 5.98. The largest absolute Gasteiger partial charge is 0.508 e. The van der Waals surface area contributed by atoms with Gasteiger partial charge in [0.25, 0.3) is 11.6 Å². The van der Waals surface area contributed by atoms with Gasteiger partial charge in [-0.25, -0.2) is 0 Å². The second-order valence-electron chi connectivity index (χ2n) is 4.99. The highest BCUT2D eigenvalue weighted by Gasteiger charge is 2.30. The Bertz CT molecular complexity index is 511. The quantitative estimate of drug-likeness (QED) is 0.670. The number of rotatable bonds is 4. The lowest BCUT2D eigenvalue weighted by atomic mass is 9.98. The van der Waals surface area contributed by atoms with Crippen molar-refractivity contribution >= 4 is 11.6 Å². The molecule has 6 heteroatoms. The van der Waals surface area contributed by atoms with E-state index in [0.717, 1.165) is 12.1 Å². The van der Waals surface area contributed by atoms with Crippen LogP contribution in [0.25, 0.3) is 0 Å². The van der Waals surface area contributed by atoms with Crippen LogP contribution in [0.2, 0.25) is 0 Å². The zero-order valence-electron chi connectivity index (χ0n) is 11.5. The van der Waals surface area contributed by atoms with Gasteiger partial charge in [-0.1, -0.05) is 6.92 Å². The molecule has 0 atom stereocenters. The lowest BCUT2D eigenvalue weighted by Gasteiger charge is -2.34. The highest BCUT2D eigenvalue weighted by Crippen LogP contribution is 2.27. The number of aromatic hydroxyl groups is 1. The Hall–Kier alpha value is -2.11. The molecule has 0 bridgehead atoms. The number of amides is 1. The standard InChI is InChI=1S/C13H18N2O4/c1-5-13(2,3)14(4)12(17)10-8-9(16)6-7-11(10)15(18)19/h6-8,16H,5H2,1-4H3. The summed E-state index contributed by atoms with van der Waals surface area (Å²) in [7, 11) is 1.60.